The Kier molecular flexibility index (Phi) is 4.40. The lowest BCUT2D eigenvalue weighted by Gasteiger charge is -2.26. The Hall–Kier alpha value is -1.23. The number of hydrogen-bond acceptors (Lipinski definition) is 2. The van der Waals surface area contributed by atoms with E-state index in [2.05, 4.69) is 5.32 Å². The van der Waals surface area contributed by atoms with Crippen LogP contribution in [-0.2, 0) is 0 Å². The summed E-state index contributed by atoms with van der Waals surface area (Å²) < 4.78 is 38.9. The zero-order chi connectivity index (χ0) is 13.1. The molecule has 0 bridgehead atoms. The van der Waals surface area contributed by atoms with E-state index in [9.17, 15) is 13.2 Å². The van der Waals surface area contributed by atoms with Gasteiger partial charge in [0.1, 0.15) is 5.82 Å². The second kappa shape index (κ2) is 5.40. The van der Waals surface area contributed by atoms with Crippen molar-refractivity contribution in [3.8, 4) is 0 Å². The lowest BCUT2D eigenvalue weighted by Crippen LogP contribution is -2.29. The molecule has 1 aromatic carbocycles. The lowest BCUT2D eigenvalue weighted by molar-refractivity contribution is 0.149. The second-order valence-corrected chi connectivity index (χ2v) is 4.42. The van der Waals surface area contributed by atoms with Crippen LogP contribution in [0.2, 0.25) is 0 Å². The summed E-state index contributed by atoms with van der Waals surface area (Å²) in [6, 6.07) is 1.28. The largest absolute Gasteiger partial charge is 0.396 e. The maximum atomic E-state index is 13.3. The van der Waals surface area contributed by atoms with Gasteiger partial charge in [-0.05, 0) is 6.42 Å². The molecule has 2 nitrogen and oxygen atoms in total. The van der Waals surface area contributed by atoms with Gasteiger partial charge in [-0.15, -0.1) is 0 Å². The number of benzene rings is 1. The second-order valence-electron chi connectivity index (χ2n) is 4.42. The molecule has 5 heteroatoms. The standard InChI is InChI=1S/C12H16F3NO/c1-3-12(2,7-17)6-16-11-5-9(14)8(13)4-10(11)15/h4-5,16-17H,3,6-7H2,1-2H3. The number of rotatable bonds is 5. The Morgan fingerprint density at radius 1 is 1.18 bits per heavy atom. The summed E-state index contributed by atoms with van der Waals surface area (Å²) in [5.41, 5.74) is -0.519. The Labute approximate surface area is 98.5 Å². The van der Waals surface area contributed by atoms with Crippen molar-refractivity contribution in [1.29, 1.82) is 0 Å². The van der Waals surface area contributed by atoms with E-state index in [0.717, 1.165) is 6.07 Å². The van der Waals surface area contributed by atoms with E-state index in [1.807, 2.05) is 13.8 Å². The van der Waals surface area contributed by atoms with Gasteiger partial charge in [0, 0.05) is 24.1 Å². The van der Waals surface area contributed by atoms with E-state index in [1.165, 1.54) is 0 Å². The molecule has 1 rings (SSSR count). The third kappa shape index (κ3) is 3.36. The highest BCUT2D eigenvalue weighted by molar-refractivity contribution is 5.45. The van der Waals surface area contributed by atoms with Gasteiger partial charge < -0.3 is 10.4 Å². The van der Waals surface area contributed by atoms with Crippen molar-refractivity contribution in [3.05, 3.63) is 29.6 Å². The van der Waals surface area contributed by atoms with E-state index in [4.69, 9.17) is 5.11 Å². The first-order chi connectivity index (χ1) is 7.91. The van der Waals surface area contributed by atoms with Crippen LogP contribution in [0.1, 0.15) is 20.3 Å². The summed E-state index contributed by atoms with van der Waals surface area (Å²) >= 11 is 0. The van der Waals surface area contributed by atoms with Crippen LogP contribution in [0.25, 0.3) is 0 Å². The fraction of sp³-hybridized carbons (Fsp3) is 0.500. The summed E-state index contributed by atoms with van der Waals surface area (Å²) in [7, 11) is 0. The molecular formula is C12H16F3NO. The van der Waals surface area contributed by atoms with Crippen molar-refractivity contribution in [2.24, 2.45) is 5.41 Å². The zero-order valence-electron chi connectivity index (χ0n) is 9.86. The molecule has 0 aliphatic rings. The smallest absolute Gasteiger partial charge is 0.161 e. The highest BCUT2D eigenvalue weighted by Gasteiger charge is 2.21. The first kappa shape index (κ1) is 13.8. The van der Waals surface area contributed by atoms with E-state index >= 15 is 0 Å². The van der Waals surface area contributed by atoms with Crippen molar-refractivity contribution in [2.45, 2.75) is 20.3 Å². The normalized spacial score (nSPS) is 14.5. The minimum Gasteiger partial charge on any atom is -0.396 e. The molecule has 0 radical (unpaired) electrons. The van der Waals surface area contributed by atoms with Crippen molar-refractivity contribution >= 4 is 5.69 Å². The molecular weight excluding hydrogens is 231 g/mol. The van der Waals surface area contributed by atoms with E-state index in [0.29, 0.717) is 12.5 Å². The molecule has 0 aliphatic heterocycles. The molecule has 0 fully saturated rings. The summed E-state index contributed by atoms with van der Waals surface area (Å²) in [6.07, 6.45) is 0.682. The molecule has 2 N–H and O–H groups in total. The van der Waals surface area contributed by atoms with Crippen molar-refractivity contribution in [3.63, 3.8) is 0 Å². The third-order valence-corrected chi connectivity index (χ3v) is 2.95. The lowest BCUT2D eigenvalue weighted by atomic mass is 9.88. The summed E-state index contributed by atoms with van der Waals surface area (Å²) in [4.78, 5) is 0. The molecule has 1 atom stereocenters. The monoisotopic (exact) mass is 247 g/mol. The van der Waals surface area contributed by atoms with Gasteiger partial charge in [0.25, 0.3) is 0 Å². The maximum Gasteiger partial charge on any atom is 0.161 e. The number of hydrogen-bond donors (Lipinski definition) is 2. The van der Waals surface area contributed by atoms with Gasteiger partial charge in [-0.25, -0.2) is 13.2 Å². The van der Waals surface area contributed by atoms with Crippen LogP contribution in [0.3, 0.4) is 0 Å². The van der Waals surface area contributed by atoms with E-state index in [1.54, 1.807) is 0 Å². The third-order valence-electron chi connectivity index (χ3n) is 2.95. The minimum absolute atomic E-state index is 0.0677. The number of nitrogens with one attached hydrogen (secondary N) is 1. The molecule has 17 heavy (non-hydrogen) atoms. The van der Waals surface area contributed by atoms with Crippen LogP contribution in [0.15, 0.2) is 12.1 Å². The molecule has 96 valence electrons. The number of halogens is 3. The molecule has 0 saturated carbocycles. The summed E-state index contributed by atoms with van der Waals surface area (Å²) in [5, 5.41) is 11.8. The van der Waals surface area contributed by atoms with E-state index < -0.39 is 22.9 Å². The Morgan fingerprint density at radius 2 is 1.76 bits per heavy atom. The molecule has 0 spiro atoms. The number of aliphatic hydroxyl groups excluding tert-OH is 1. The predicted molar refractivity (Wildman–Crippen MR) is 60.3 cm³/mol. The highest BCUT2D eigenvalue weighted by Crippen LogP contribution is 2.23. The topological polar surface area (TPSA) is 32.3 Å². The molecule has 0 amide bonds. The molecule has 1 unspecified atom stereocenters. The predicted octanol–water partition coefficient (Wildman–Crippen LogP) is 2.92. The van der Waals surface area contributed by atoms with Crippen LogP contribution in [0.4, 0.5) is 18.9 Å². The van der Waals surface area contributed by atoms with Gasteiger partial charge in [0.2, 0.25) is 0 Å². The number of aliphatic hydroxyl groups is 1. The van der Waals surface area contributed by atoms with Gasteiger partial charge >= 0.3 is 0 Å². The molecule has 0 aliphatic carbocycles. The average Bonchev–Trinajstić information content (AvgIpc) is 2.32. The van der Waals surface area contributed by atoms with Crippen molar-refractivity contribution in [1.82, 2.24) is 0 Å². The average molecular weight is 247 g/mol. The SMILES string of the molecule is CCC(C)(CO)CNc1cc(F)c(F)cc1F. The summed E-state index contributed by atoms with van der Waals surface area (Å²) in [6.45, 7) is 3.92. The first-order valence-electron chi connectivity index (χ1n) is 5.41. The van der Waals surface area contributed by atoms with Crippen LogP contribution in [0, 0.1) is 22.9 Å². The Bertz CT molecular complexity index is 392. The molecule has 0 heterocycles. The number of anilines is 1. The van der Waals surface area contributed by atoms with Gasteiger partial charge in [-0.1, -0.05) is 13.8 Å². The summed E-state index contributed by atoms with van der Waals surface area (Å²) in [5.74, 6) is -3.16. The van der Waals surface area contributed by atoms with Gasteiger partial charge in [-0.2, -0.15) is 0 Å². The van der Waals surface area contributed by atoms with Crippen molar-refractivity contribution in [2.75, 3.05) is 18.5 Å². The van der Waals surface area contributed by atoms with Crippen molar-refractivity contribution < 1.29 is 18.3 Å². The fourth-order valence-electron chi connectivity index (χ4n) is 1.26. The maximum absolute atomic E-state index is 13.3. The van der Waals surface area contributed by atoms with Crippen LogP contribution < -0.4 is 5.32 Å². The minimum atomic E-state index is -1.21. The fourth-order valence-corrected chi connectivity index (χ4v) is 1.26. The van der Waals surface area contributed by atoms with Gasteiger partial charge in [-0.3, -0.25) is 0 Å². The van der Waals surface area contributed by atoms with E-state index in [-0.39, 0.29) is 18.8 Å². The van der Waals surface area contributed by atoms with Crippen LogP contribution in [-0.4, -0.2) is 18.3 Å². The van der Waals surface area contributed by atoms with Crippen LogP contribution >= 0.6 is 0 Å². The van der Waals surface area contributed by atoms with Gasteiger partial charge in [0.05, 0.1) is 12.3 Å². The molecule has 0 aromatic heterocycles. The highest BCUT2D eigenvalue weighted by atomic mass is 19.2. The van der Waals surface area contributed by atoms with Gasteiger partial charge in [0.15, 0.2) is 11.6 Å². The Morgan fingerprint density at radius 3 is 2.29 bits per heavy atom. The first-order valence-corrected chi connectivity index (χ1v) is 5.41. The molecule has 0 saturated heterocycles. The van der Waals surface area contributed by atoms with Crippen LogP contribution in [0.5, 0.6) is 0 Å². The molecule has 1 aromatic rings. The Balaban J connectivity index is 2.79. The zero-order valence-corrected chi connectivity index (χ0v) is 9.86. The quantitative estimate of drug-likeness (QED) is 0.784.